The number of nitrogens with one attached hydrogen (secondary N) is 1. The van der Waals surface area contributed by atoms with E-state index in [2.05, 4.69) is 28.7 Å². The fraction of sp³-hybridized carbons (Fsp3) is 0.467. The van der Waals surface area contributed by atoms with Crippen molar-refractivity contribution in [3.05, 3.63) is 29.6 Å². The highest BCUT2D eigenvalue weighted by Gasteiger charge is 2.13. The van der Waals surface area contributed by atoms with Gasteiger partial charge in [0.2, 0.25) is 0 Å². The molecule has 1 aromatic heterocycles. The van der Waals surface area contributed by atoms with Gasteiger partial charge in [-0.25, -0.2) is 4.98 Å². The summed E-state index contributed by atoms with van der Waals surface area (Å²) in [5.74, 6) is 1.28. The Balaban J connectivity index is 2.27. The van der Waals surface area contributed by atoms with Gasteiger partial charge in [0, 0.05) is 32.2 Å². The van der Waals surface area contributed by atoms with Gasteiger partial charge in [0.25, 0.3) is 5.91 Å². The molecule has 0 fully saturated rings. The number of methoxy groups -OCH3 is 1. The van der Waals surface area contributed by atoms with Gasteiger partial charge < -0.3 is 14.6 Å². The highest BCUT2D eigenvalue weighted by Crippen LogP contribution is 2.21. The molecule has 0 spiro atoms. The van der Waals surface area contributed by atoms with Gasteiger partial charge in [-0.3, -0.25) is 4.79 Å². The van der Waals surface area contributed by atoms with Crippen LogP contribution >= 0.6 is 0 Å². The highest BCUT2D eigenvalue weighted by atomic mass is 16.5. The van der Waals surface area contributed by atoms with Crippen molar-refractivity contribution in [2.45, 2.75) is 19.8 Å². The number of aryl methyl sites for hydroxylation is 1. The second-order valence-corrected chi connectivity index (χ2v) is 5.14. The Labute approximate surface area is 118 Å². The van der Waals surface area contributed by atoms with Gasteiger partial charge in [0.1, 0.15) is 5.82 Å². The van der Waals surface area contributed by atoms with Crippen LogP contribution in [0.15, 0.2) is 18.2 Å². The number of benzene rings is 1. The number of amides is 1. The molecule has 0 atom stereocenters. The van der Waals surface area contributed by atoms with Crippen molar-refractivity contribution in [3.8, 4) is 0 Å². The number of hydrogen-bond donors (Lipinski definition) is 1. The molecule has 5 nitrogen and oxygen atoms in total. The molecule has 1 heterocycles. The fourth-order valence-electron chi connectivity index (χ4n) is 2.24. The minimum absolute atomic E-state index is 0.0966. The summed E-state index contributed by atoms with van der Waals surface area (Å²) < 4.78 is 6.99. The van der Waals surface area contributed by atoms with Crippen molar-refractivity contribution in [1.82, 2.24) is 14.9 Å². The first-order valence-corrected chi connectivity index (χ1v) is 6.78. The number of ether oxygens (including phenoxy) is 1. The first-order valence-electron chi connectivity index (χ1n) is 6.78. The van der Waals surface area contributed by atoms with E-state index in [1.54, 1.807) is 7.11 Å². The molecule has 0 saturated heterocycles. The number of nitrogens with zero attached hydrogens (tertiary/aromatic N) is 2. The van der Waals surface area contributed by atoms with E-state index in [0.29, 0.717) is 24.6 Å². The first-order chi connectivity index (χ1) is 9.54. The van der Waals surface area contributed by atoms with Crippen LogP contribution in [-0.2, 0) is 11.8 Å². The van der Waals surface area contributed by atoms with E-state index in [0.717, 1.165) is 16.9 Å². The summed E-state index contributed by atoms with van der Waals surface area (Å²) in [6, 6.07) is 5.61. The number of carbonyl (C=O) groups is 1. The van der Waals surface area contributed by atoms with Crippen LogP contribution in [0.25, 0.3) is 11.0 Å². The Morgan fingerprint density at radius 2 is 2.20 bits per heavy atom. The van der Waals surface area contributed by atoms with Gasteiger partial charge in [0.15, 0.2) is 0 Å². The topological polar surface area (TPSA) is 56.1 Å². The molecule has 2 aromatic rings. The summed E-state index contributed by atoms with van der Waals surface area (Å²) in [5.41, 5.74) is 2.53. The molecular weight excluding hydrogens is 254 g/mol. The van der Waals surface area contributed by atoms with Crippen LogP contribution in [0.2, 0.25) is 0 Å². The zero-order chi connectivity index (χ0) is 14.7. The molecule has 0 saturated carbocycles. The van der Waals surface area contributed by atoms with E-state index < -0.39 is 0 Å². The molecule has 108 valence electrons. The van der Waals surface area contributed by atoms with Crippen LogP contribution in [0, 0.1) is 0 Å². The maximum atomic E-state index is 12.0. The molecule has 0 radical (unpaired) electrons. The van der Waals surface area contributed by atoms with E-state index in [1.165, 1.54) is 0 Å². The number of imidazole rings is 1. The second kappa shape index (κ2) is 6.05. The lowest BCUT2D eigenvalue weighted by molar-refractivity contribution is 0.0937. The van der Waals surface area contributed by atoms with Crippen LogP contribution in [-0.4, -0.2) is 35.7 Å². The second-order valence-electron chi connectivity index (χ2n) is 5.14. The van der Waals surface area contributed by atoms with Crippen molar-refractivity contribution in [3.63, 3.8) is 0 Å². The van der Waals surface area contributed by atoms with Crippen LogP contribution in [0.1, 0.15) is 35.9 Å². The van der Waals surface area contributed by atoms with Gasteiger partial charge in [-0.05, 0) is 18.2 Å². The average molecular weight is 275 g/mol. The Morgan fingerprint density at radius 3 is 2.85 bits per heavy atom. The Kier molecular flexibility index (Phi) is 4.39. The molecule has 0 aliphatic carbocycles. The Hall–Kier alpha value is -1.88. The van der Waals surface area contributed by atoms with Crippen molar-refractivity contribution in [2.75, 3.05) is 20.3 Å². The largest absolute Gasteiger partial charge is 0.383 e. The van der Waals surface area contributed by atoms with Gasteiger partial charge in [-0.2, -0.15) is 0 Å². The third kappa shape index (κ3) is 2.82. The summed E-state index contributed by atoms with van der Waals surface area (Å²) in [7, 11) is 3.61. The van der Waals surface area contributed by atoms with E-state index in [4.69, 9.17) is 4.74 Å². The summed E-state index contributed by atoms with van der Waals surface area (Å²) >= 11 is 0. The average Bonchev–Trinajstić information content (AvgIpc) is 2.76. The molecule has 5 heteroatoms. The third-order valence-electron chi connectivity index (χ3n) is 3.29. The normalized spacial score (nSPS) is 11.2. The van der Waals surface area contributed by atoms with E-state index in [9.17, 15) is 4.79 Å². The van der Waals surface area contributed by atoms with Crippen LogP contribution in [0.4, 0.5) is 0 Å². The van der Waals surface area contributed by atoms with Gasteiger partial charge in [0.05, 0.1) is 17.6 Å². The summed E-state index contributed by atoms with van der Waals surface area (Å²) in [4.78, 5) is 16.6. The first kappa shape index (κ1) is 14.5. The van der Waals surface area contributed by atoms with Crippen LogP contribution < -0.4 is 5.32 Å². The molecule has 1 N–H and O–H groups in total. The quantitative estimate of drug-likeness (QED) is 0.850. The summed E-state index contributed by atoms with van der Waals surface area (Å²) in [5, 5.41) is 2.81. The van der Waals surface area contributed by atoms with Gasteiger partial charge in [-0.1, -0.05) is 13.8 Å². The monoisotopic (exact) mass is 275 g/mol. The number of carbonyl (C=O) groups excluding carboxylic acids is 1. The number of aromatic nitrogens is 2. The lowest BCUT2D eigenvalue weighted by atomic mass is 10.2. The number of hydrogen-bond acceptors (Lipinski definition) is 3. The number of fused-ring (bicyclic) bond motifs is 1. The van der Waals surface area contributed by atoms with Crippen molar-refractivity contribution in [1.29, 1.82) is 0 Å². The van der Waals surface area contributed by atoms with E-state index in [-0.39, 0.29) is 5.91 Å². The van der Waals surface area contributed by atoms with Crippen LogP contribution in [0.3, 0.4) is 0 Å². The lowest BCUT2D eigenvalue weighted by Gasteiger charge is -2.05. The molecule has 1 amide bonds. The molecule has 0 aliphatic rings. The summed E-state index contributed by atoms with van der Waals surface area (Å²) in [6.07, 6.45) is 0. The molecule has 20 heavy (non-hydrogen) atoms. The molecular formula is C15H21N3O2. The van der Waals surface area contributed by atoms with Crippen molar-refractivity contribution in [2.24, 2.45) is 7.05 Å². The number of rotatable bonds is 5. The maximum absolute atomic E-state index is 12.0. The molecule has 1 aromatic carbocycles. The molecule has 0 bridgehead atoms. The summed E-state index contributed by atoms with van der Waals surface area (Å²) in [6.45, 7) is 5.24. The van der Waals surface area contributed by atoms with Gasteiger partial charge >= 0.3 is 0 Å². The smallest absolute Gasteiger partial charge is 0.251 e. The van der Waals surface area contributed by atoms with E-state index in [1.807, 2.05) is 25.2 Å². The maximum Gasteiger partial charge on any atom is 0.251 e. The van der Waals surface area contributed by atoms with E-state index >= 15 is 0 Å². The third-order valence-corrected chi connectivity index (χ3v) is 3.29. The highest BCUT2D eigenvalue weighted by molar-refractivity contribution is 5.97. The Morgan fingerprint density at radius 1 is 1.45 bits per heavy atom. The van der Waals surface area contributed by atoms with Crippen LogP contribution in [0.5, 0.6) is 0 Å². The standard InChI is InChI=1S/C15H21N3O2/c1-10(2)14-17-12-9-11(5-6-13(12)18(14)3)15(19)16-7-8-20-4/h5-6,9-10H,7-8H2,1-4H3,(H,16,19). The Bertz CT molecular complexity index is 617. The minimum atomic E-state index is -0.0966. The van der Waals surface area contributed by atoms with Gasteiger partial charge in [-0.15, -0.1) is 0 Å². The lowest BCUT2D eigenvalue weighted by Crippen LogP contribution is -2.26. The predicted molar refractivity (Wildman–Crippen MR) is 79.0 cm³/mol. The van der Waals surface area contributed by atoms with Crippen molar-refractivity contribution < 1.29 is 9.53 Å². The van der Waals surface area contributed by atoms with Crippen molar-refractivity contribution >= 4 is 16.9 Å². The SMILES string of the molecule is COCCNC(=O)c1ccc2c(c1)nc(C(C)C)n2C. The zero-order valence-electron chi connectivity index (χ0n) is 12.4. The minimum Gasteiger partial charge on any atom is -0.383 e. The molecule has 0 unspecified atom stereocenters. The fourth-order valence-corrected chi connectivity index (χ4v) is 2.24. The molecule has 2 rings (SSSR count). The zero-order valence-corrected chi connectivity index (χ0v) is 12.4. The molecule has 0 aliphatic heterocycles. The predicted octanol–water partition coefficient (Wildman–Crippen LogP) is 2.07.